The number of rotatable bonds is 6. The molecule has 0 saturated heterocycles. The Morgan fingerprint density at radius 3 is 2.06 bits per heavy atom. The van der Waals surface area contributed by atoms with E-state index in [2.05, 4.69) is 40.6 Å². The van der Waals surface area contributed by atoms with Crippen molar-refractivity contribution < 1.29 is 25.2 Å². The van der Waals surface area contributed by atoms with Gasteiger partial charge in [0.1, 0.15) is 13.2 Å². The molecule has 0 aliphatic heterocycles. The number of aromatic nitrogens is 2. The summed E-state index contributed by atoms with van der Waals surface area (Å²) in [5.74, 6) is 0. The fourth-order valence-corrected chi connectivity index (χ4v) is 5.62. The Hall–Kier alpha value is -1.00. The first-order chi connectivity index (χ1) is 14.9. The number of nitrogens with zero attached hydrogens (tertiary/aromatic N) is 2. The average Bonchev–Trinajstić information content (AvgIpc) is 3.28. The SMILES string of the molecule is CS(=O)(=O)OCc1nsc2c(Br)cccc12.CS(=O)(=O)OCc1nsc2ccc(Br)cc12. The smallest absolute Gasteiger partial charge is 0.264 e. The first-order valence-corrected chi connectivity index (χ1v) is 15.4. The van der Waals surface area contributed by atoms with Gasteiger partial charge in [-0.05, 0) is 63.3 Å². The summed E-state index contributed by atoms with van der Waals surface area (Å²) in [6.45, 7) is -0.0371. The van der Waals surface area contributed by atoms with E-state index < -0.39 is 20.2 Å². The fourth-order valence-electron chi connectivity index (χ4n) is 2.47. The molecule has 172 valence electrons. The Bertz CT molecular complexity index is 1430. The molecule has 8 nitrogen and oxygen atoms in total. The van der Waals surface area contributed by atoms with Gasteiger partial charge < -0.3 is 0 Å². The molecule has 0 atom stereocenters. The minimum Gasteiger partial charge on any atom is -0.264 e. The Morgan fingerprint density at radius 2 is 1.44 bits per heavy atom. The summed E-state index contributed by atoms with van der Waals surface area (Å²) < 4.78 is 65.2. The number of benzene rings is 2. The largest absolute Gasteiger partial charge is 0.264 e. The molecule has 4 aromatic rings. The molecule has 0 amide bonds. The Labute approximate surface area is 210 Å². The van der Waals surface area contributed by atoms with Gasteiger partial charge in [0, 0.05) is 19.7 Å². The normalized spacial score (nSPS) is 12.1. The lowest BCUT2D eigenvalue weighted by Gasteiger charge is -1.98. The van der Waals surface area contributed by atoms with Gasteiger partial charge in [-0.1, -0.05) is 28.1 Å². The minimum absolute atomic E-state index is 0.0186. The van der Waals surface area contributed by atoms with Crippen LogP contribution in [-0.2, 0) is 41.8 Å². The maximum Gasteiger partial charge on any atom is 0.264 e. The van der Waals surface area contributed by atoms with Crippen LogP contribution in [0.15, 0.2) is 45.3 Å². The van der Waals surface area contributed by atoms with Crippen LogP contribution < -0.4 is 0 Å². The minimum atomic E-state index is -3.43. The molecule has 0 saturated carbocycles. The molecule has 0 spiro atoms. The number of hydrogen-bond acceptors (Lipinski definition) is 10. The molecular weight excluding hydrogens is 628 g/mol. The Morgan fingerprint density at radius 1 is 0.844 bits per heavy atom. The van der Waals surface area contributed by atoms with E-state index in [-0.39, 0.29) is 13.2 Å². The van der Waals surface area contributed by atoms with Gasteiger partial charge in [0.25, 0.3) is 20.2 Å². The number of halogens is 2. The summed E-state index contributed by atoms with van der Waals surface area (Å²) in [6.07, 6.45) is 2.05. The van der Waals surface area contributed by atoms with E-state index in [0.717, 1.165) is 41.6 Å². The summed E-state index contributed by atoms with van der Waals surface area (Å²) in [7, 11) is -6.85. The van der Waals surface area contributed by atoms with E-state index in [9.17, 15) is 16.8 Å². The average molecular weight is 644 g/mol. The van der Waals surface area contributed by atoms with Gasteiger partial charge in [-0.2, -0.15) is 25.6 Å². The van der Waals surface area contributed by atoms with Gasteiger partial charge >= 0.3 is 0 Å². The van der Waals surface area contributed by atoms with Gasteiger partial charge in [-0.25, -0.2) is 0 Å². The molecule has 0 aliphatic rings. The van der Waals surface area contributed by atoms with E-state index in [1.54, 1.807) is 0 Å². The van der Waals surface area contributed by atoms with Crippen molar-refractivity contribution in [3.05, 3.63) is 56.7 Å². The topological polar surface area (TPSA) is 113 Å². The van der Waals surface area contributed by atoms with Crippen molar-refractivity contribution in [2.45, 2.75) is 13.2 Å². The van der Waals surface area contributed by atoms with Crippen molar-refractivity contribution in [2.24, 2.45) is 0 Å². The van der Waals surface area contributed by atoms with E-state index in [1.165, 1.54) is 23.1 Å². The van der Waals surface area contributed by atoms with Gasteiger partial charge in [0.15, 0.2) is 0 Å². The van der Waals surface area contributed by atoms with Crippen molar-refractivity contribution in [3.8, 4) is 0 Å². The molecule has 0 fully saturated rings. The number of fused-ring (bicyclic) bond motifs is 2. The van der Waals surface area contributed by atoms with Crippen LogP contribution in [0.4, 0.5) is 0 Å². The molecule has 2 aromatic carbocycles. The molecule has 2 heterocycles. The van der Waals surface area contributed by atoms with Crippen LogP contribution in [0.1, 0.15) is 11.4 Å². The van der Waals surface area contributed by atoms with Crippen LogP contribution in [0, 0.1) is 0 Å². The fraction of sp³-hybridized carbons (Fsp3) is 0.222. The van der Waals surface area contributed by atoms with Crippen molar-refractivity contribution in [1.29, 1.82) is 0 Å². The van der Waals surface area contributed by atoms with Crippen molar-refractivity contribution in [2.75, 3.05) is 12.5 Å². The van der Waals surface area contributed by atoms with Crippen LogP contribution in [0.25, 0.3) is 20.2 Å². The molecule has 0 aliphatic carbocycles. The van der Waals surface area contributed by atoms with Gasteiger partial charge in [-0.3, -0.25) is 8.37 Å². The lowest BCUT2D eigenvalue weighted by Crippen LogP contribution is -2.02. The van der Waals surface area contributed by atoms with Crippen molar-refractivity contribution >= 4 is 95.3 Å². The molecule has 4 rings (SSSR count). The maximum atomic E-state index is 10.9. The standard InChI is InChI=1S/2C9H8BrNO3S2/c1-16(12,13)14-5-8-7-4-6(10)2-3-9(7)15-11-8;1-16(12,13)14-5-8-6-3-2-4-7(10)9(6)15-11-8/h2*2-4H,5H2,1H3. The molecular formula is C18H16Br2N2O6S4. The zero-order chi connectivity index (χ0) is 23.5. The summed E-state index contributed by atoms with van der Waals surface area (Å²) >= 11 is 9.42. The summed E-state index contributed by atoms with van der Waals surface area (Å²) in [5, 5.41) is 1.84. The first-order valence-electron chi connectivity index (χ1n) is 8.68. The van der Waals surface area contributed by atoms with Gasteiger partial charge in [-0.15, -0.1) is 0 Å². The van der Waals surface area contributed by atoms with Crippen LogP contribution in [0.5, 0.6) is 0 Å². The molecule has 14 heteroatoms. The zero-order valence-electron chi connectivity index (χ0n) is 16.6. The second kappa shape index (κ2) is 10.5. The third kappa shape index (κ3) is 7.25. The summed E-state index contributed by atoms with van der Waals surface area (Å²) in [6, 6.07) is 11.4. The van der Waals surface area contributed by atoms with E-state index >= 15 is 0 Å². The maximum absolute atomic E-state index is 10.9. The van der Waals surface area contributed by atoms with Crippen molar-refractivity contribution in [1.82, 2.24) is 8.75 Å². The first kappa shape index (κ1) is 25.6. The van der Waals surface area contributed by atoms with Crippen LogP contribution in [-0.4, -0.2) is 38.1 Å². The molecule has 0 unspecified atom stereocenters. The lowest BCUT2D eigenvalue weighted by atomic mass is 10.2. The lowest BCUT2D eigenvalue weighted by molar-refractivity contribution is 0.309. The third-order valence-electron chi connectivity index (χ3n) is 3.85. The zero-order valence-corrected chi connectivity index (χ0v) is 23.0. The Balaban J connectivity index is 0.000000181. The van der Waals surface area contributed by atoms with Crippen LogP contribution >= 0.6 is 54.9 Å². The monoisotopic (exact) mass is 642 g/mol. The highest BCUT2D eigenvalue weighted by atomic mass is 79.9. The highest BCUT2D eigenvalue weighted by molar-refractivity contribution is 9.11. The predicted octanol–water partition coefficient (Wildman–Crippen LogP) is 5.07. The van der Waals surface area contributed by atoms with Crippen molar-refractivity contribution in [3.63, 3.8) is 0 Å². The molecule has 0 bridgehead atoms. The van der Waals surface area contributed by atoms with Gasteiger partial charge in [0.05, 0.1) is 33.3 Å². The molecule has 0 N–H and O–H groups in total. The summed E-state index contributed by atoms with van der Waals surface area (Å²) in [4.78, 5) is 0. The highest BCUT2D eigenvalue weighted by Crippen LogP contribution is 2.30. The van der Waals surface area contributed by atoms with E-state index in [1.807, 2.05) is 36.4 Å². The van der Waals surface area contributed by atoms with Gasteiger partial charge in [0.2, 0.25) is 0 Å². The van der Waals surface area contributed by atoms with E-state index in [0.29, 0.717) is 11.4 Å². The summed E-state index contributed by atoms with van der Waals surface area (Å²) in [5.41, 5.74) is 1.29. The van der Waals surface area contributed by atoms with E-state index in [4.69, 9.17) is 8.37 Å². The Kier molecular flexibility index (Phi) is 8.41. The quantitative estimate of drug-likeness (QED) is 0.268. The van der Waals surface area contributed by atoms with Crippen LogP contribution in [0.2, 0.25) is 0 Å². The highest BCUT2D eigenvalue weighted by Gasteiger charge is 2.11. The number of hydrogen-bond donors (Lipinski definition) is 0. The second-order valence-electron chi connectivity index (χ2n) is 6.45. The molecule has 0 radical (unpaired) electrons. The predicted molar refractivity (Wildman–Crippen MR) is 134 cm³/mol. The molecule has 2 aromatic heterocycles. The molecule has 32 heavy (non-hydrogen) atoms. The second-order valence-corrected chi connectivity index (χ2v) is 13.1. The van der Waals surface area contributed by atoms with Crippen LogP contribution in [0.3, 0.4) is 0 Å². The third-order valence-corrected chi connectivity index (χ3v) is 8.16.